The molecule has 0 bridgehead atoms. The zero-order chi connectivity index (χ0) is 18.4. The third-order valence-electron chi connectivity index (χ3n) is 4.11. The smallest absolute Gasteiger partial charge is 0.264 e. The minimum Gasteiger partial charge on any atom is -0.307 e. The van der Waals surface area contributed by atoms with Crippen molar-refractivity contribution < 1.29 is 14.0 Å². The highest BCUT2D eigenvalue weighted by molar-refractivity contribution is 9.10. The Labute approximate surface area is 166 Å². The summed E-state index contributed by atoms with van der Waals surface area (Å²) in [6.07, 6.45) is 0. The summed E-state index contributed by atoms with van der Waals surface area (Å²) in [7, 11) is 0. The average Bonchev–Trinajstić information content (AvgIpc) is 3.06. The summed E-state index contributed by atoms with van der Waals surface area (Å²) in [6, 6.07) is 11.9. The van der Waals surface area contributed by atoms with Crippen LogP contribution < -0.4 is 10.2 Å². The molecule has 2 aromatic rings. The molecule has 2 aliphatic rings. The van der Waals surface area contributed by atoms with Crippen LogP contribution >= 0.6 is 39.9 Å². The van der Waals surface area contributed by atoms with Gasteiger partial charge in [0, 0.05) is 15.6 Å². The molecule has 26 heavy (non-hydrogen) atoms. The standard InChI is InChI=1S/C18H10BrFN2O2S2/c19-10-6-5-9(12(20)7-10)8-22-13-4-2-1-3-11(13)14(17(22)24)15-16(23)21-18(25)26-15/h1-7H,8H2,(H,21,23,25). The summed E-state index contributed by atoms with van der Waals surface area (Å²) in [5.41, 5.74) is 1.99. The minimum absolute atomic E-state index is 0.0719. The van der Waals surface area contributed by atoms with Crippen molar-refractivity contribution in [2.45, 2.75) is 6.54 Å². The van der Waals surface area contributed by atoms with E-state index in [-0.39, 0.29) is 23.3 Å². The molecule has 4 rings (SSSR count). The average molecular weight is 449 g/mol. The third-order valence-corrected chi connectivity index (χ3v) is 5.84. The quantitative estimate of drug-likeness (QED) is 0.557. The number of nitrogens with zero attached hydrogens (tertiary/aromatic N) is 1. The summed E-state index contributed by atoms with van der Waals surface area (Å²) >= 11 is 9.33. The molecular weight excluding hydrogens is 439 g/mol. The number of anilines is 1. The van der Waals surface area contributed by atoms with Crippen molar-refractivity contribution in [1.82, 2.24) is 5.32 Å². The van der Waals surface area contributed by atoms with Gasteiger partial charge in [0.15, 0.2) is 0 Å². The van der Waals surface area contributed by atoms with Gasteiger partial charge in [0.25, 0.3) is 11.8 Å². The first-order valence-electron chi connectivity index (χ1n) is 7.58. The van der Waals surface area contributed by atoms with Gasteiger partial charge in [0.05, 0.1) is 22.7 Å². The molecule has 0 spiro atoms. The zero-order valence-electron chi connectivity index (χ0n) is 13.1. The number of benzene rings is 2. The molecule has 0 atom stereocenters. The number of nitrogens with one attached hydrogen (secondary N) is 1. The van der Waals surface area contributed by atoms with Crippen LogP contribution in [0.2, 0.25) is 0 Å². The highest BCUT2D eigenvalue weighted by Gasteiger charge is 2.39. The van der Waals surface area contributed by atoms with E-state index in [4.69, 9.17) is 12.2 Å². The number of halogens is 2. The number of thioether (sulfide) groups is 1. The van der Waals surface area contributed by atoms with Crippen LogP contribution in [0.25, 0.3) is 5.57 Å². The van der Waals surface area contributed by atoms with E-state index in [1.807, 2.05) is 0 Å². The fourth-order valence-corrected chi connectivity index (χ4v) is 4.40. The molecule has 1 N–H and O–H groups in total. The molecule has 0 radical (unpaired) electrons. The molecule has 2 heterocycles. The number of rotatable bonds is 2. The molecule has 8 heteroatoms. The molecule has 0 saturated carbocycles. The topological polar surface area (TPSA) is 49.4 Å². The number of hydrogen-bond donors (Lipinski definition) is 1. The van der Waals surface area contributed by atoms with Crippen LogP contribution in [-0.2, 0) is 16.1 Å². The molecule has 0 aliphatic carbocycles. The van der Waals surface area contributed by atoms with E-state index in [9.17, 15) is 14.0 Å². The monoisotopic (exact) mass is 448 g/mol. The van der Waals surface area contributed by atoms with E-state index in [1.54, 1.807) is 36.4 Å². The molecule has 1 saturated heterocycles. The highest BCUT2D eigenvalue weighted by Crippen LogP contribution is 2.43. The van der Waals surface area contributed by atoms with Gasteiger partial charge >= 0.3 is 0 Å². The Bertz CT molecular complexity index is 1020. The summed E-state index contributed by atoms with van der Waals surface area (Å²) in [5.74, 6) is -1.12. The Morgan fingerprint density at radius 1 is 1.19 bits per heavy atom. The van der Waals surface area contributed by atoms with Gasteiger partial charge in [0.2, 0.25) is 0 Å². The maximum absolute atomic E-state index is 14.3. The zero-order valence-corrected chi connectivity index (χ0v) is 16.3. The summed E-state index contributed by atoms with van der Waals surface area (Å²) in [4.78, 5) is 27.0. The van der Waals surface area contributed by atoms with Crippen molar-refractivity contribution in [3.63, 3.8) is 0 Å². The molecular formula is C18H10BrFN2O2S2. The summed E-state index contributed by atoms with van der Waals surface area (Å²) in [5, 5.41) is 2.54. The first-order chi connectivity index (χ1) is 12.5. The summed E-state index contributed by atoms with van der Waals surface area (Å²) < 4.78 is 15.2. The van der Waals surface area contributed by atoms with Crippen LogP contribution in [0.4, 0.5) is 10.1 Å². The Morgan fingerprint density at radius 3 is 2.65 bits per heavy atom. The van der Waals surface area contributed by atoms with Gasteiger partial charge < -0.3 is 10.2 Å². The number of carbonyl (C=O) groups excluding carboxylic acids is 2. The van der Waals surface area contributed by atoms with Crippen molar-refractivity contribution >= 4 is 67.3 Å². The van der Waals surface area contributed by atoms with Crippen molar-refractivity contribution in [3.05, 3.63) is 68.8 Å². The maximum atomic E-state index is 14.3. The van der Waals surface area contributed by atoms with Crippen molar-refractivity contribution in [2.24, 2.45) is 0 Å². The molecule has 130 valence electrons. The second-order valence-corrected chi connectivity index (χ2v) is 8.29. The molecule has 2 amide bonds. The van der Waals surface area contributed by atoms with E-state index in [1.165, 1.54) is 11.0 Å². The molecule has 0 unspecified atom stereocenters. The minimum atomic E-state index is -0.403. The summed E-state index contributed by atoms with van der Waals surface area (Å²) in [6.45, 7) is 0.0719. The van der Waals surface area contributed by atoms with Crippen LogP contribution in [0.5, 0.6) is 0 Å². The number of carbonyl (C=O) groups is 2. The first-order valence-corrected chi connectivity index (χ1v) is 9.60. The molecule has 4 nitrogen and oxygen atoms in total. The number of fused-ring (bicyclic) bond motifs is 1. The lowest BCUT2D eigenvalue weighted by Crippen LogP contribution is -2.27. The van der Waals surface area contributed by atoms with Gasteiger partial charge in [-0.3, -0.25) is 9.59 Å². The number of hydrogen-bond acceptors (Lipinski definition) is 4. The van der Waals surface area contributed by atoms with Crippen molar-refractivity contribution in [2.75, 3.05) is 4.90 Å². The van der Waals surface area contributed by atoms with Gasteiger partial charge in [0.1, 0.15) is 10.1 Å². The number of para-hydroxylation sites is 1. The Hall–Kier alpha value is -2.03. The second-order valence-electron chi connectivity index (χ2n) is 5.69. The predicted octanol–water partition coefficient (Wildman–Crippen LogP) is 3.99. The van der Waals surface area contributed by atoms with Crippen LogP contribution in [-0.4, -0.2) is 16.1 Å². The van der Waals surface area contributed by atoms with Crippen molar-refractivity contribution in [3.8, 4) is 0 Å². The lowest BCUT2D eigenvalue weighted by Gasteiger charge is -2.17. The molecule has 1 fully saturated rings. The number of thiocarbonyl (C=S) groups is 1. The lowest BCUT2D eigenvalue weighted by atomic mass is 10.1. The maximum Gasteiger partial charge on any atom is 0.264 e. The van der Waals surface area contributed by atoms with Gasteiger partial charge in [-0.05, 0) is 18.2 Å². The number of amides is 2. The van der Waals surface area contributed by atoms with Gasteiger partial charge in [-0.15, -0.1) is 0 Å². The van der Waals surface area contributed by atoms with Crippen LogP contribution in [0.3, 0.4) is 0 Å². The Balaban J connectivity index is 1.81. The van der Waals surface area contributed by atoms with Gasteiger partial charge in [-0.2, -0.15) is 0 Å². The molecule has 0 aromatic heterocycles. The molecule has 2 aromatic carbocycles. The van der Waals surface area contributed by atoms with E-state index in [0.29, 0.717) is 31.2 Å². The van der Waals surface area contributed by atoms with E-state index < -0.39 is 5.82 Å². The SMILES string of the molecule is O=C1NC(=S)SC1=C1C(=O)N(Cc2ccc(Br)cc2F)c2ccccc21. The van der Waals surface area contributed by atoms with E-state index >= 15 is 0 Å². The Kier molecular flexibility index (Phi) is 4.42. The first kappa shape index (κ1) is 17.4. The van der Waals surface area contributed by atoms with E-state index in [0.717, 1.165) is 11.8 Å². The van der Waals surface area contributed by atoms with E-state index in [2.05, 4.69) is 21.2 Å². The van der Waals surface area contributed by atoms with Crippen LogP contribution in [0, 0.1) is 5.82 Å². The van der Waals surface area contributed by atoms with Crippen LogP contribution in [0.1, 0.15) is 11.1 Å². The fraction of sp³-hybridized carbons (Fsp3) is 0.0556. The van der Waals surface area contributed by atoms with Gasteiger partial charge in [-0.25, -0.2) is 4.39 Å². The molecule has 2 aliphatic heterocycles. The Morgan fingerprint density at radius 2 is 1.96 bits per heavy atom. The largest absolute Gasteiger partial charge is 0.307 e. The lowest BCUT2D eigenvalue weighted by molar-refractivity contribution is -0.116. The highest BCUT2D eigenvalue weighted by atomic mass is 79.9. The third kappa shape index (κ3) is 2.87. The fourth-order valence-electron chi connectivity index (χ4n) is 2.96. The van der Waals surface area contributed by atoms with Crippen molar-refractivity contribution in [1.29, 1.82) is 0 Å². The second kappa shape index (κ2) is 6.61. The van der Waals surface area contributed by atoms with Crippen LogP contribution in [0.15, 0.2) is 51.8 Å². The normalized spacial score (nSPS) is 19.2. The predicted molar refractivity (Wildman–Crippen MR) is 107 cm³/mol. The van der Waals surface area contributed by atoms with Gasteiger partial charge in [-0.1, -0.05) is 64.2 Å².